The molecule has 0 spiro atoms. The van der Waals surface area contributed by atoms with Gasteiger partial charge in [-0.3, -0.25) is 9.69 Å². The number of anilines is 1. The van der Waals surface area contributed by atoms with Crippen LogP contribution in [0, 0.1) is 0 Å². The summed E-state index contributed by atoms with van der Waals surface area (Å²) < 4.78 is 1.11. The highest BCUT2D eigenvalue weighted by atomic mass is 35.5. The summed E-state index contributed by atoms with van der Waals surface area (Å²) in [7, 11) is 0. The third-order valence-corrected chi connectivity index (χ3v) is 6.34. The Morgan fingerprint density at radius 1 is 1.07 bits per heavy atom. The molecule has 0 radical (unpaired) electrons. The molecule has 3 aromatic rings. The molecule has 2 aromatic carbocycles. The molecule has 6 heteroatoms. The monoisotopic (exact) mass is 415 g/mol. The molecule has 0 saturated heterocycles. The Morgan fingerprint density at radius 3 is 2.50 bits per heavy atom. The summed E-state index contributed by atoms with van der Waals surface area (Å²) in [6, 6.07) is 13.5. The number of nitrogens with zero attached hydrogens (tertiary/aromatic N) is 3. The average Bonchev–Trinajstić information content (AvgIpc) is 3.14. The first-order valence-corrected chi connectivity index (χ1v) is 10.9. The van der Waals surface area contributed by atoms with Crippen LogP contribution in [0.4, 0.5) is 5.13 Å². The topological polar surface area (TPSA) is 36.4 Å². The SMILES string of the molecule is CCc1ccc2nc(N(CCN(CC)CC)C(=O)c3ccccc3Cl)sc2c1. The largest absolute Gasteiger partial charge is 0.302 e. The number of aryl methyl sites for hydroxylation is 1. The van der Waals surface area contributed by atoms with Crippen molar-refractivity contribution in [2.75, 3.05) is 31.1 Å². The van der Waals surface area contributed by atoms with Gasteiger partial charge in [0.2, 0.25) is 0 Å². The van der Waals surface area contributed by atoms with E-state index in [1.165, 1.54) is 5.56 Å². The van der Waals surface area contributed by atoms with Crippen molar-refractivity contribution in [2.45, 2.75) is 27.2 Å². The van der Waals surface area contributed by atoms with E-state index in [0.717, 1.165) is 41.4 Å². The number of fused-ring (bicyclic) bond motifs is 1. The first-order chi connectivity index (χ1) is 13.6. The van der Waals surface area contributed by atoms with E-state index in [1.807, 2.05) is 18.2 Å². The second-order valence-electron chi connectivity index (χ2n) is 6.62. The number of thiazole rings is 1. The van der Waals surface area contributed by atoms with Crippen molar-refractivity contribution in [1.82, 2.24) is 9.88 Å². The molecule has 1 aromatic heterocycles. The Balaban J connectivity index is 1.97. The van der Waals surface area contributed by atoms with Crippen LogP contribution < -0.4 is 4.90 Å². The molecular weight excluding hydrogens is 390 g/mol. The van der Waals surface area contributed by atoms with Crippen molar-refractivity contribution in [3.63, 3.8) is 0 Å². The van der Waals surface area contributed by atoms with E-state index in [9.17, 15) is 4.79 Å². The van der Waals surface area contributed by atoms with Gasteiger partial charge >= 0.3 is 0 Å². The highest BCUT2D eigenvalue weighted by Crippen LogP contribution is 2.31. The summed E-state index contributed by atoms with van der Waals surface area (Å²) >= 11 is 7.87. The number of halogens is 1. The number of benzene rings is 2. The van der Waals surface area contributed by atoms with Crippen LogP contribution in [0.15, 0.2) is 42.5 Å². The first-order valence-electron chi connectivity index (χ1n) is 9.75. The van der Waals surface area contributed by atoms with Crippen molar-refractivity contribution in [1.29, 1.82) is 0 Å². The fourth-order valence-electron chi connectivity index (χ4n) is 3.14. The molecule has 1 heterocycles. The maximum atomic E-state index is 13.3. The van der Waals surface area contributed by atoms with Crippen LogP contribution in [0.5, 0.6) is 0 Å². The van der Waals surface area contributed by atoms with Crippen molar-refractivity contribution in [3.8, 4) is 0 Å². The fraction of sp³-hybridized carbons (Fsp3) is 0.364. The molecule has 0 N–H and O–H groups in total. The van der Waals surface area contributed by atoms with E-state index in [0.29, 0.717) is 17.1 Å². The maximum absolute atomic E-state index is 13.3. The zero-order chi connectivity index (χ0) is 20.1. The minimum absolute atomic E-state index is 0.104. The standard InChI is InChI=1S/C22H26ClN3OS/c1-4-16-11-12-19-20(15-16)28-22(24-19)26(14-13-25(5-2)6-3)21(27)17-9-7-8-10-18(17)23/h7-12,15H,4-6,13-14H2,1-3H3. The predicted octanol–water partition coefficient (Wildman–Crippen LogP) is 5.50. The number of carbonyl (C=O) groups excluding carboxylic acids is 1. The molecule has 0 bridgehead atoms. The molecule has 4 nitrogen and oxygen atoms in total. The Bertz CT molecular complexity index is 952. The van der Waals surface area contributed by atoms with Crippen molar-refractivity contribution >= 4 is 44.2 Å². The summed E-state index contributed by atoms with van der Waals surface area (Å²) in [5.74, 6) is -0.104. The number of likely N-dealkylation sites (N-methyl/N-ethyl adjacent to an activating group) is 1. The first kappa shape index (κ1) is 20.8. The van der Waals surface area contributed by atoms with E-state index in [-0.39, 0.29) is 5.91 Å². The third kappa shape index (κ3) is 4.54. The highest BCUT2D eigenvalue weighted by Gasteiger charge is 2.23. The van der Waals surface area contributed by atoms with E-state index in [4.69, 9.17) is 16.6 Å². The number of hydrogen-bond donors (Lipinski definition) is 0. The Labute approximate surface area is 175 Å². The van der Waals surface area contributed by atoms with Crippen molar-refractivity contribution in [2.24, 2.45) is 0 Å². The summed E-state index contributed by atoms with van der Waals surface area (Å²) in [5, 5.41) is 1.19. The van der Waals surface area contributed by atoms with Crippen LogP contribution >= 0.6 is 22.9 Å². The minimum atomic E-state index is -0.104. The molecule has 0 atom stereocenters. The zero-order valence-electron chi connectivity index (χ0n) is 16.6. The van der Waals surface area contributed by atoms with Crippen LogP contribution in [0.1, 0.15) is 36.7 Å². The number of carbonyl (C=O) groups is 1. The van der Waals surface area contributed by atoms with Crippen molar-refractivity contribution < 1.29 is 4.79 Å². The second kappa shape index (κ2) is 9.50. The molecule has 3 rings (SSSR count). The van der Waals surface area contributed by atoms with Crippen LogP contribution in [0.2, 0.25) is 5.02 Å². The molecule has 0 aliphatic heterocycles. The molecule has 0 saturated carbocycles. The van der Waals surface area contributed by atoms with Crippen molar-refractivity contribution in [3.05, 3.63) is 58.6 Å². The summed E-state index contributed by atoms with van der Waals surface area (Å²) in [6.45, 7) is 9.67. The van der Waals surface area contributed by atoms with Gasteiger partial charge < -0.3 is 4.90 Å². The molecule has 1 amide bonds. The number of hydrogen-bond acceptors (Lipinski definition) is 4. The lowest BCUT2D eigenvalue weighted by Gasteiger charge is -2.25. The van der Waals surface area contributed by atoms with Gasteiger partial charge in [-0.15, -0.1) is 0 Å². The number of rotatable bonds is 8. The summed E-state index contributed by atoms with van der Waals surface area (Å²) in [5.41, 5.74) is 2.71. The van der Waals surface area contributed by atoms with Gasteiger partial charge in [0.15, 0.2) is 5.13 Å². The van der Waals surface area contributed by atoms with Gasteiger partial charge in [-0.25, -0.2) is 4.98 Å². The molecule has 28 heavy (non-hydrogen) atoms. The lowest BCUT2D eigenvalue weighted by Crippen LogP contribution is -2.39. The summed E-state index contributed by atoms with van der Waals surface area (Å²) in [4.78, 5) is 22.2. The van der Waals surface area contributed by atoms with Crippen LogP contribution in [0.25, 0.3) is 10.2 Å². The van der Waals surface area contributed by atoms with E-state index in [2.05, 4.69) is 37.8 Å². The quantitative estimate of drug-likeness (QED) is 0.487. The minimum Gasteiger partial charge on any atom is -0.302 e. The molecule has 0 aliphatic carbocycles. The van der Waals surface area contributed by atoms with E-state index >= 15 is 0 Å². The average molecular weight is 416 g/mol. The molecular formula is C22H26ClN3OS. The van der Waals surface area contributed by atoms with Gasteiger partial charge in [0.05, 0.1) is 20.8 Å². The van der Waals surface area contributed by atoms with Gasteiger partial charge in [-0.05, 0) is 49.3 Å². The van der Waals surface area contributed by atoms with Gasteiger partial charge in [0, 0.05) is 13.1 Å². The normalized spacial score (nSPS) is 11.3. The van der Waals surface area contributed by atoms with Crippen LogP contribution in [-0.4, -0.2) is 42.0 Å². The number of amides is 1. The molecule has 148 valence electrons. The molecule has 0 fully saturated rings. The maximum Gasteiger partial charge on any atom is 0.261 e. The summed E-state index contributed by atoms with van der Waals surface area (Å²) in [6.07, 6.45) is 0.980. The smallest absolute Gasteiger partial charge is 0.261 e. The second-order valence-corrected chi connectivity index (χ2v) is 8.03. The van der Waals surface area contributed by atoms with Crippen LogP contribution in [-0.2, 0) is 6.42 Å². The Hall–Kier alpha value is -1.95. The Morgan fingerprint density at radius 2 is 1.82 bits per heavy atom. The molecule has 0 aliphatic rings. The highest BCUT2D eigenvalue weighted by molar-refractivity contribution is 7.22. The zero-order valence-corrected chi connectivity index (χ0v) is 18.2. The predicted molar refractivity (Wildman–Crippen MR) is 120 cm³/mol. The van der Waals surface area contributed by atoms with E-state index in [1.54, 1.807) is 28.4 Å². The third-order valence-electron chi connectivity index (χ3n) is 4.96. The lowest BCUT2D eigenvalue weighted by molar-refractivity contribution is 0.0984. The van der Waals surface area contributed by atoms with Gasteiger partial charge in [-0.1, -0.05) is 61.9 Å². The van der Waals surface area contributed by atoms with Crippen LogP contribution in [0.3, 0.4) is 0 Å². The number of aromatic nitrogens is 1. The van der Waals surface area contributed by atoms with Gasteiger partial charge in [0.25, 0.3) is 5.91 Å². The van der Waals surface area contributed by atoms with Gasteiger partial charge in [0.1, 0.15) is 0 Å². The van der Waals surface area contributed by atoms with Gasteiger partial charge in [-0.2, -0.15) is 0 Å². The molecule has 0 unspecified atom stereocenters. The lowest BCUT2D eigenvalue weighted by atomic mass is 10.2. The fourth-order valence-corrected chi connectivity index (χ4v) is 4.41. The van der Waals surface area contributed by atoms with E-state index < -0.39 is 0 Å². The Kier molecular flexibility index (Phi) is 7.05.